The lowest BCUT2D eigenvalue weighted by Crippen LogP contribution is -2.49. The molecule has 1 aromatic rings. The Hall–Kier alpha value is -0.593. The second-order valence-electron chi connectivity index (χ2n) is 2.67. The van der Waals surface area contributed by atoms with Crippen molar-refractivity contribution in [3.63, 3.8) is 0 Å². The molecule has 0 aliphatic rings. The highest BCUT2D eigenvalue weighted by Crippen LogP contribution is 2.19. The minimum Gasteiger partial charge on any atom is -0.480 e. The minimum atomic E-state index is -3.02. The van der Waals surface area contributed by atoms with E-state index in [1.54, 1.807) is 24.3 Å². The quantitative estimate of drug-likeness (QED) is 0.748. The van der Waals surface area contributed by atoms with Crippen molar-refractivity contribution in [2.75, 3.05) is 21.3 Å². The van der Waals surface area contributed by atoms with Crippen LogP contribution in [0.25, 0.3) is 0 Å². The molecule has 0 bridgehead atoms. The Bertz CT molecular complexity index is 291. The van der Waals surface area contributed by atoms with Crippen molar-refractivity contribution in [2.45, 2.75) is 0 Å². The summed E-state index contributed by atoms with van der Waals surface area (Å²) in [5, 5.41) is 0.641. The van der Waals surface area contributed by atoms with Gasteiger partial charge in [0.15, 0.2) is 0 Å². The summed E-state index contributed by atoms with van der Waals surface area (Å²) in [5.41, 5.74) is 0. The Morgan fingerprint density at radius 3 is 1.80 bits per heavy atom. The second-order valence-corrected chi connectivity index (χ2v) is 5.53. The third kappa shape index (κ3) is 3.18. The first-order valence-electron chi connectivity index (χ1n) is 4.26. The normalized spacial score (nSPS) is 11.5. The Labute approximate surface area is 95.2 Å². The molecule has 4 nitrogen and oxygen atoms in total. The molecule has 0 radical (unpaired) electrons. The van der Waals surface area contributed by atoms with Crippen molar-refractivity contribution >= 4 is 20.6 Å². The summed E-state index contributed by atoms with van der Waals surface area (Å²) in [5.74, 6) is 0.594. The van der Waals surface area contributed by atoms with Crippen LogP contribution in [-0.4, -0.2) is 30.4 Å². The van der Waals surface area contributed by atoms with Gasteiger partial charge in [0.1, 0.15) is 5.75 Å². The lowest BCUT2D eigenvalue weighted by molar-refractivity contribution is 0.0510. The molecule has 0 amide bonds. The molecule has 1 rings (SSSR count). The van der Waals surface area contributed by atoms with Gasteiger partial charge >= 0.3 is 9.05 Å². The molecule has 0 saturated heterocycles. The SMILES string of the molecule is CO[Si](OC)(OC)Oc1ccc(Cl)cc1. The zero-order chi connectivity index (χ0) is 11.3. The third-order valence-corrected chi connectivity index (χ3v) is 4.04. The maximum atomic E-state index is 5.75. The number of hydrogen-bond acceptors (Lipinski definition) is 4. The Morgan fingerprint density at radius 1 is 0.933 bits per heavy atom. The van der Waals surface area contributed by atoms with E-state index >= 15 is 0 Å². The molecule has 0 heterocycles. The van der Waals surface area contributed by atoms with Crippen LogP contribution in [0.2, 0.25) is 5.02 Å². The summed E-state index contributed by atoms with van der Waals surface area (Å²) in [6.45, 7) is 0. The van der Waals surface area contributed by atoms with Crippen LogP contribution in [-0.2, 0) is 13.3 Å². The first-order valence-corrected chi connectivity index (χ1v) is 6.27. The zero-order valence-electron chi connectivity index (χ0n) is 8.82. The van der Waals surface area contributed by atoms with Gasteiger partial charge in [0.25, 0.3) is 0 Å². The first kappa shape index (κ1) is 12.5. The highest BCUT2D eigenvalue weighted by Gasteiger charge is 2.45. The van der Waals surface area contributed by atoms with Gasteiger partial charge in [-0.05, 0) is 24.3 Å². The predicted molar refractivity (Wildman–Crippen MR) is 58.9 cm³/mol. The summed E-state index contributed by atoms with van der Waals surface area (Å²) < 4.78 is 20.8. The monoisotopic (exact) mass is 248 g/mol. The molecular formula is C9H13ClO4Si. The number of rotatable bonds is 5. The summed E-state index contributed by atoms with van der Waals surface area (Å²) in [6.07, 6.45) is 0. The molecule has 0 aromatic heterocycles. The number of halogens is 1. The highest BCUT2D eigenvalue weighted by atomic mass is 35.5. The van der Waals surface area contributed by atoms with Gasteiger partial charge in [0.05, 0.1) is 0 Å². The van der Waals surface area contributed by atoms with Crippen molar-refractivity contribution in [1.82, 2.24) is 0 Å². The van der Waals surface area contributed by atoms with E-state index < -0.39 is 9.05 Å². The fourth-order valence-electron chi connectivity index (χ4n) is 1.02. The average molecular weight is 249 g/mol. The topological polar surface area (TPSA) is 36.9 Å². The molecule has 15 heavy (non-hydrogen) atoms. The summed E-state index contributed by atoms with van der Waals surface area (Å²) in [6, 6.07) is 6.89. The minimum absolute atomic E-state index is 0.594. The lowest BCUT2D eigenvalue weighted by Gasteiger charge is -2.23. The fraction of sp³-hybridized carbons (Fsp3) is 0.333. The van der Waals surface area contributed by atoms with Gasteiger partial charge in [-0.25, -0.2) is 0 Å². The van der Waals surface area contributed by atoms with E-state index in [1.165, 1.54) is 21.3 Å². The summed E-state index contributed by atoms with van der Waals surface area (Å²) in [7, 11) is 1.43. The van der Waals surface area contributed by atoms with Crippen LogP contribution >= 0.6 is 11.6 Å². The molecule has 0 aliphatic heterocycles. The molecule has 0 aliphatic carbocycles. The van der Waals surface area contributed by atoms with Crippen LogP contribution < -0.4 is 4.43 Å². The smallest absolute Gasteiger partial charge is 0.480 e. The average Bonchev–Trinajstić information content (AvgIpc) is 2.29. The van der Waals surface area contributed by atoms with E-state index in [0.717, 1.165) is 0 Å². The van der Waals surface area contributed by atoms with Gasteiger partial charge in [0.2, 0.25) is 0 Å². The Balaban J connectivity index is 2.78. The summed E-state index contributed by atoms with van der Waals surface area (Å²) >= 11 is 5.75. The van der Waals surface area contributed by atoms with E-state index in [1.807, 2.05) is 0 Å². The van der Waals surface area contributed by atoms with Crippen molar-refractivity contribution in [2.24, 2.45) is 0 Å². The van der Waals surface area contributed by atoms with Gasteiger partial charge in [-0.2, -0.15) is 0 Å². The Kier molecular flexibility index (Phi) is 4.56. The van der Waals surface area contributed by atoms with Gasteiger partial charge in [-0.3, -0.25) is 0 Å². The Morgan fingerprint density at radius 2 is 1.40 bits per heavy atom. The number of hydrogen-bond donors (Lipinski definition) is 0. The van der Waals surface area contributed by atoms with Crippen LogP contribution in [0.15, 0.2) is 24.3 Å². The van der Waals surface area contributed by atoms with Gasteiger partial charge in [-0.15, -0.1) is 0 Å². The van der Waals surface area contributed by atoms with Crippen molar-refractivity contribution in [3.8, 4) is 5.75 Å². The molecule has 0 spiro atoms. The first-order chi connectivity index (χ1) is 7.15. The molecule has 84 valence electrons. The van der Waals surface area contributed by atoms with E-state index in [0.29, 0.717) is 10.8 Å². The highest BCUT2D eigenvalue weighted by molar-refractivity contribution is 6.54. The van der Waals surface area contributed by atoms with Crippen molar-refractivity contribution < 1.29 is 17.7 Å². The van der Waals surface area contributed by atoms with Gasteiger partial charge in [0, 0.05) is 26.4 Å². The lowest BCUT2D eigenvalue weighted by atomic mass is 10.3. The van der Waals surface area contributed by atoms with E-state index in [4.69, 9.17) is 29.3 Å². The maximum absolute atomic E-state index is 5.75. The second kappa shape index (κ2) is 5.48. The third-order valence-electron chi connectivity index (χ3n) is 1.81. The molecule has 0 atom stereocenters. The number of benzene rings is 1. The van der Waals surface area contributed by atoms with E-state index in [2.05, 4.69) is 0 Å². The maximum Gasteiger partial charge on any atom is 0.748 e. The van der Waals surface area contributed by atoms with Gasteiger partial charge < -0.3 is 17.7 Å². The molecule has 0 N–H and O–H groups in total. The van der Waals surface area contributed by atoms with E-state index in [-0.39, 0.29) is 0 Å². The molecule has 0 unspecified atom stereocenters. The molecule has 1 aromatic carbocycles. The van der Waals surface area contributed by atoms with E-state index in [9.17, 15) is 0 Å². The van der Waals surface area contributed by atoms with Crippen LogP contribution in [0.5, 0.6) is 5.75 Å². The van der Waals surface area contributed by atoms with Crippen LogP contribution in [0.3, 0.4) is 0 Å². The predicted octanol–water partition coefficient (Wildman–Crippen LogP) is 2.09. The molecule has 0 saturated carbocycles. The van der Waals surface area contributed by atoms with Crippen LogP contribution in [0.4, 0.5) is 0 Å². The van der Waals surface area contributed by atoms with Crippen LogP contribution in [0.1, 0.15) is 0 Å². The molecule has 0 fully saturated rings. The van der Waals surface area contributed by atoms with Crippen LogP contribution in [0, 0.1) is 0 Å². The molecular weight excluding hydrogens is 236 g/mol. The van der Waals surface area contributed by atoms with Crippen molar-refractivity contribution in [3.05, 3.63) is 29.3 Å². The fourth-order valence-corrected chi connectivity index (χ4v) is 2.32. The standard InChI is InChI=1S/C9H13ClO4Si/c1-11-15(12-2,13-3)14-9-6-4-8(10)5-7-9/h4-7H,1-3H3. The molecule has 6 heteroatoms. The summed E-state index contributed by atoms with van der Waals surface area (Å²) in [4.78, 5) is 0. The largest absolute Gasteiger partial charge is 0.748 e. The zero-order valence-corrected chi connectivity index (χ0v) is 10.6. The van der Waals surface area contributed by atoms with Crippen molar-refractivity contribution in [1.29, 1.82) is 0 Å². The van der Waals surface area contributed by atoms with Gasteiger partial charge in [-0.1, -0.05) is 11.6 Å².